The van der Waals surface area contributed by atoms with Crippen LogP contribution in [0.4, 0.5) is 0 Å². The molecule has 74 valence electrons. The molecule has 0 aromatic heterocycles. The summed E-state index contributed by atoms with van der Waals surface area (Å²) in [4.78, 5) is 10.9. The molecular formula is C11H10Cl2O. The van der Waals surface area contributed by atoms with E-state index >= 15 is 0 Å². The van der Waals surface area contributed by atoms with E-state index in [4.69, 9.17) is 23.2 Å². The maximum atomic E-state index is 10.9. The number of halogens is 2. The van der Waals surface area contributed by atoms with Crippen molar-refractivity contribution in [2.75, 3.05) is 0 Å². The molecule has 0 saturated heterocycles. The molecule has 2 rings (SSSR count). The van der Waals surface area contributed by atoms with Gasteiger partial charge in [-0.2, -0.15) is 0 Å². The molecule has 0 spiro atoms. The first-order valence-electron chi connectivity index (χ1n) is 4.43. The van der Waals surface area contributed by atoms with Crippen molar-refractivity contribution in [1.82, 2.24) is 0 Å². The monoisotopic (exact) mass is 228 g/mol. The summed E-state index contributed by atoms with van der Waals surface area (Å²) in [6.07, 6.45) is 0.852. The highest BCUT2D eigenvalue weighted by Crippen LogP contribution is 2.72. The summed E-state index contributed by atoms with van der Waals surface area (Å²) >= 11 is 12.2. The number of benzene rings is 1. The van der Waals surface area contributed by atoms with Gasteiger partial charge in [-0.05, 0) is 12.5 Å². The van der Waals surface area contributed by atoms with Crippen molar-refractivity contribution in [3.8, 4) is 0 Å². The van der Waals surface area contributed by atoms with E-state index in [0.717, 1.165) is 11.8 Å². The van der Waals surface area contributed by atoms with Gasteiger partial charge in [0.1, 0.15) is 10.6 Å². The van der Waals surface area contributed by atoms with Crippen LogP contribution in [0.2, 0.25) is 0 Å². The van der Waals surface area contributed by atoms with Crippen LogP contribution in [-0.4, -0.2) is 10.6 Å². The van der Waals surface area contributed by atoms with E-state index in [1.807, 2.05) is 30.3 Å². The van der Waals surface area contributed by atoms with E-state index in [0.29, 0.717) is 0 Å². The van der Waals surface area contributed by atoms with E-state index < -0.39 is 9.75 Å². The fraction of sp³-hybridized carbons (Fsp3) is 0.364. The van der Waals surface area contributed by atoms with Crippen molar-refractivity contribution < 1.29 is 4.79 Å². The van der Waals surface area contributed by atoms with Gasteiger partial charge >= 0.3 is 0 Å². The molecule has 2 atom stereocenters. The van der Waals surface area contributed by atoms with Crippen LogP contribution in [0.1, 0.15) is 18.4 Å². The van der Waals surface area contributed by atoms with Gasteiger partial charge in [-0.3, -0.25) is 0 Å². The Bertz CT molecular complexity index is 361. The Morgan fingerprint density at radius 3 is 2.29 bits per heavy atom. The summed E-state index contributed by atoms with van der Waals surface area (Å²) in [6, 6.07) is 9.65. The van der Waals surface area contributed by atoms with Crippen LogP contribution in [0.25, 0.3) is 0 Å². The Labute approximate surface area is 93.0 Å². The van der Waals surface area contributed by atoms with Gasteiger partial charge in [0.2, 0.25) is 0 Å². The molecule has 0 bridgehead atoms. The smallest absolute Gasteiger partial charge is 0.138 e. The highest BCUT2D eigenvalue weighted by molar-refractivity contribution is 6.53. The third-order valence-electron chi connectivity index (χ3n) is 2.97. The van der Waals surface area contributed by atoms with E-state index in [1.165, 1.54) is 0 Å². The predicted molar refractivity (Wildman–Crippen MR) is 57.8 cm³/mol. The number of rotatable bonds is 2. The molecule has 1 aromatic carbocycles. The molecular weight excluding hydrogens is 219 g/mol. The van der Waals surface area contributed by atoms with E-state index in [1.54, 1.807) is 6.92 Å². The molecule has 1 saturated carbocycles. The maximum Gasteiger partial charge on any atom is 0.138 e. The van der Waals surface area contributed by atoms with Crippen molar-refractivity contribution >= 4 is 29.5 Å². The molecule has 0 aliphatic heterocycles. The Morgan fingerprint density at radius 2 is 1.86 bits per heavy atom. The predicted octanol–water partition coefficient (Wildman–Crippen LogP) is 3.16. The summed E-state index contributed by atoms with van der Waals surface area (Å²) in [7, 11) is 0. The minimum absolute atomic E-state index is 0.0861. The fourth-order valence-electron chi connectivity index (χ4n) is 1.90. The Balaban J connectivity index is 2.37. The molecule has 1 aliphatic rings. The zero-order chi connectivity index (χ0) is 10.4. The molecule has 0 amide bonds. The van der Waals surface area contributed by atoms with Gasteiger partial charge in [0.15, 0.2) is 0 Å². The van der Waals surface area contributed by atoms with Crippen molar-refractivity contribution in [3.63, 3.8) is 0 Å². The van der Waals surface area contributed by atoms with Crippen LogP contribution in [0.5, 0.6) is 0 Å². The van der Waals surface area contributed by atoms with Crippen LogP contribution in [0.3, 0.4) is 0 Å². The van der Waals surface area contributed by atoms with Crippen molar-refractivity contribution in [2.45, 2.75) is 17.2 Å². The number of carbonyl (C=O) groups is 1. The highest BCUT2D eigenvalue weighted by atomic mass is 35.5. The summed E-state index contributed by atoms with van der Waals surface area (Å²) in [5.41, 5.74) is 0.379. The van der Waals surface area contributed by atoms with Crippen LogP contribution >= 0.6 is 23.2 Å². The van der Waals surface area contributed by atoms with E-state index in [9.17, 15) is 4.79 Å². The molecule has 1 aromatic rings. The molecule has 1 nitrogen and oxygen atoms in total. The molecule has 0 N–H and O–H groups in total. The van der Waals surface area contributed by atoms with Crippen molar-refractivity contribution in [3.05, 3.63) is 35.9 Å². The number of carbonyl (C=O) groups excluding carboxylic acids is 1. The standard InChI is InChI=1S/C11H10Cl2O/c1-10(7-14)9(11(10,12)13)8-5-3-2-4-6-8/h2-7,9H,1H3/t9-,10-/m0/s1. The average molecular weight is 229 g/mol. The average Bonchev–Trinajstić information content (AvgIpc) is 2.63. The number of alkyl halides is 2. The largest absolute Gasteiger partial charge is 0.303 e. The molecule has 1 fully saturated rings. The first-order valence-corrected chi connectivity index (χ1v) is 5.18. The fourth-order valence-corrected chi connectivity index (χ4v) is 2.80. The highest BCUT2D eigenvalue weighted by Gasteiger charge is 2.73. The van der Waals surface area contributed by atoms with Crippen LogP contribution in [-0.2, 0) is 4.79 Å². The van der Waals surface area contributed by atoms with Gasteiger partial charge in [0, 0.05) is 5.92 Å². The molecule has 1 aliphatic carbocycles. The quantitative estimate of drug-likeness (QED) is 0.562. The van der Waals surface area contributed by atoms with Crippen LogP contribution in [0.15, 0.2) is 30.3 Å². The van der Waals surface area contributed by atoms with Gasteiger partial charge in [-0.25, -0.2) is 0 Å². The Hall–Kier alpha value is -0.530. The van der Waals surface area contributed by atoms with Crippen molar-refractivity contribution in [2.24, 2.45) is 5.41 Å². The number of hydrogen-bond acceptors (Lipinski definition) is 1. The molecule has 14 heavy (non-hydrogen) atoms. The Kier molecular flexibility index (Phi) is 2.13. The second-order valence-corrected chi connectivity index (χ2v) is 5.25. The maximum absolute atomic E-state index is 10.9. The topological polar surface area (TPSA) is 17.1 Å². The zero-order valence-electron chi connectivity index (χ0n) is 7.71. The zero-order valence-corrected chi connectivity index (χ0v) is 9.22. The van der Waals surface area contributed by atoms with Gasteiger partial charge in [-0.1, -0.05) is 53.5 Å². The van der Waals surface area contributed by atoms with Crippen molar-refractivity contribution in [1.29, 1.82) is 0 Å². The molecule has 0 radical (unpaired) electrons. The SMILES string of the molecule is C[C@]1(C=O)[C@H](c2ccccc2)C1(Cl)Cl. The lowest BCUT2D eigenvalue weighted by Crippen LogP contribution is -2.04. The Morgan fingerprint density at radius 1 is 1.29 bits per heavy atom. The van der Waals surface area contributed by atoms with E-state index in [2.05, 4.69) is 0 Å². The van der Waals surface area contributed by atoms with Gasteiger partial charge in [-0.15, -0.1) is 0 Å². The summed E-state index contributed by atoms with van der Waals surface area (Å²) < 4.78 is -0.948. The molecule has 0 unspecified atom stereocenters. The summed E-state index contributed by atoms with van der Waals surface area (Å²) in [6.45, 7) is 1.79. The number of aldehydes is 1. The van der Waals surface area contributed by atoms with Crippen LogP contribution < -0.4 is 0 Å². The number of hydrogen-bond donors (Lipinski definition) is 0. The third-order valence-corrected chi connectivity index (χ3v) is 4.23. The van der Waals surface area contributed by atoms with Gasteiger partial charge in [0.25, 0.3) is 0 Å². The summed E-state index contributed by atoms with van der Waals surface area (Å²) in [5, 5.41) is 0. The minimum Gasteiger partial charge on any atom is -0.303 e. The first kappa shape index (κ1) is 10.0. The van der Waals surface area contributed by atoms with Crippen LogP contribution in [0, 0.1) is 5.41 Å². The van der Waals surface area contributed by atoms with Gasteiger partial charge < -0.3 is 4.79 Å². The second kappa shape index (κ2) is 2.98. The molecule has 0 heterocycles. The summed E-state index contributed by atoms with van der Waals surface area (Å²) in [5.74, 6) is -0.0861. The second-order valence-electron chi connectivity index (χ2n) is 3.87. The minimum atomic E-state index is -0.948. The first-order chi connectivity index (χ1) is 6.54. The lowest BCUT2D eigenvalue weighted by molar-refractivity contribution is -0.111. The lowest BCUT2D eigenvalue weighted by atomic mass is 10.0. The lowest BCUT2D eigenvalue weighted by Gasteiger charge is -1.99. The molecule has 3 heteroatoms. The van der Waals surface area contributed by atoms with E-state index in [-0.39, 0.29) is 5.92 Å². The normalized spacial score (nSPS) is 33.8. The third kappa shape index (κ3) is 1.12. The van der Waals surface area contributed by atoms with Gasteiger partial charge in [0.05, 0.1) is 5.41 Å².